The topological polar surface area (TPSA) is 117 Å². The number of nitrogens with zero attached hydrogens (tertiary/aromatic N) is 2. The summed E-state index contributed by atoms with van der Waals surface area (Å²) in [6.45, 7) is 4.51. The number of hydrogen-bond acceptors (Lipinski definition) is 5. The third-order valence-corrected chi connectivity index (χ3v) is 6.02. The number of sulfonamides is 1. The summed E-state index contributed by atoms with van der Waals surface area (Å²) < 4.78 is 26.3. The normalized spacial score (nSPS) is 11.4. The minimum atomic E-state index is -3.52. The lowest BCUT2D eigenvalue weighted by molar-refractivity contribution is 0.0690. The minimum Gasteiger partial charge on any atom is -0.477 e. The van der Waals surface area contributed by atoms with E-state index in [0.29, 0.717) is 13.1 Å². The van der Waals surface area contributed by atoms with Crippen molar-refractivity contribution in [3.8, 4) is 0 Å². The van der Waals surface area contributed by atoms with Crippen molar-refractivity contribution in [1.82, 2.24) is 14.6 Å². The number of aromatic nitrogens is 1. The molecular formula is C18H21N3O5S. The van der Waals surface area contributed by atoms with Gasteiger partial charge in [-0.2, -0.15) is 4.31 Å². The second-order valence-electron chi connectivity index (χ2n) is 5.65. The minimum absolute atomic E-state index is 0.176. The number of carbonyl (C=O) groups is 2. The Bertz CT molecular complexity index is 922. The van der Waals surface area contributed by atoms with E-state index in [0.717, 1.165) is 5.56 Å². The molecule has 0 aliphatic rings. The van der Waals surface area contributed by atoms with E-state index in [2.05, 4.69) is 10.3 Å². The van der Waals surface area contributed by atoms with E-state index in [1.165, 1.54) is 34.8 Å². The second kappa shape index (κ2) is 8.74. The molecule has 0 spiro atoms. The van der Waals surface area contributed by atoms with Gasteiger partial charge >= 0.3 is 5.97 Å². The van der Waals surface area contributed by atoms with E-state index in [1.54, 1.807) is 26.0 Å². The van der Waals surface area contributed by atoms with E-state index in [4.69, 9.17) is 5.11 Å². The molecule has 2 N–H and O–H groups in total. The van der Waals surface area contributed by atoms with Crippen LogP contribution in [-0.2, 0) is 16.6 Å². The number of pyridine rings is 1. The van der Waals surface area contributed by atoms with Crippen LogP contribution in [0.2, 0.25) is 0 Å². The number of carboxylic acid groups (broad SMARTS) is 1. The highest BCUT2D eigenvalue weighted by Crippen LogP contribution is 2.16. The standard InChI is InChI=1S/C18H21N3O5S/c1-3-21(4-2)27(25,26)15-7-5-13(6-8-15)12-20-17(22)14-9-10-19-16(11-14)18(23)24/h5-11H,3-4,12H2,1-2H3,(H,20,22)(H,23,24). The van der Waals surface area contributed by atoms with Gasteiger partial charge in [-0.05, 0) is 29.8 Å². The van der Waals surface area contributed by atoms with Gasteiger partial charge in [-0.25, -0.2) is 18.2 Å². The van der Waals surface area contributed by atoms with Crippen LogP contribution in [0.3, 0.4) is 0 Å². The molecule has 2 rings (SSSR count). The molecule has 0 unspecified atom stereocenters. The summed E-state index contributed by atoms with van der Waals surface area (Å²) in [6.07, 6.45) is 1.26. The lowest BCUT2D eigenvalue weighted by Crippen LogP contribution is -2.30. The molecule has 1 amide bonds. The fourth-order valence-electron chi connectivity index (χ4n) is 2.47. The maximum atomic E-state index is 12.4. The second-order valence-corrected chi connectivity index (χ2v) is 7.59. The molecule has 0 atom stereocenters. The smallest absolute Gasteiger partial charge is 0.354 e. The van der Waals surface area contributed by atoms with E-state index in [-0.39, 0.29) is 22.7 Å². The molecule has 0 aliphatic carbocycles. The molecule has 8 nitrogen and oxygen atoms in total. The van der Waals surface area contributed by atoms with Crippen LogP contribution in [0.1, 0.15) is 40.3 Å². The van der Waals surface area contributed by atoms with Gasteiger partial charge in [0.2, 0.25) is 10.0 Å². The van der Waals surface area contributed by atoms with Gasteiger partial charge in [-0.3, -0.25) is 4.79 Å². The molecule has 144 valence electrons. The predicted octanol–water partition coefficient (Wildman–Crippen LogP) is 1.74. The monoisotopic (exact) mass is 391 g/mol. The number of carboxylic acids is 1. The summed E-state index contributed by atoms with van der Waals surface area (Å²) in [5.74, 6) is -1.66. The molecule has 0 bridgehead atoms. The summed E-state index contributed by atoms with van der Waals surface area (Å²) in [5, 5.41) is 11.6. The Labute approximate surface area is 157 Å². The molecule has 0 fully saturated rings. The number of hydrogen-bond donors (Lipinski definition) is 2. The number of rotatable bonds is 8. The average molecular weight is 391 g/mol. The SMILES string of the molecule is CCN(CC)S(=O)(=O)c1ccc(CNC(=O)c2ccnc(C(=O)O)c2)cc1. The summed E-state index contributed by atoms with van der Waals surface area (Å²) in [7, 11) is -3.52. The first kappa shape index (κ1) is 20.5. The maximum absolute atomic E-state index is 12.4. The third kappa shape index (κ3) is 4.89. The summed E-state index contributed by atoms with van der Waals surface area (Å²) in [5.41, 5.74) is 0.686. The lowest BCUT2D eigenvalue weighted by atomic mass is 10.2. The zero-order valence-corrected chi connectivity index (χ0v) is 15.9. The Morgan fingerprint density at radius 1 is 1.11 bits per heavy atom. The lowest BCUT2D eigenvalue weighted by Gasteiger charge is -2.18. The molecule has 0 aliphatic heterocycles. The Balaban J connectivity index is 2.06. The number of amides is 1. The number of nitrogens with one attached hydrogen (secondary N) is 1. The maximum Gasteiger partial charge on any atom is 0.354 e. The fraction of sp³-hybridized carbons (Fsp3) is 0.278. The van der Waals surface area contributed by atoms with Crippen LogP contribution in [0, 0.1) is 0 Å². The first-order valence-corrected chi connectivity index (χ1v) is 9.80. The van der Waals surface area contributed by atoms with Crippen LogP contribution < -0.4 is 5.32 Å². The highest BCUT2D eigenvalue weighted by Gasteiger charge is 2.21. The third-order valence-electron chi connectivity index (χ3n) is 3.96. The van der Waals surface area contributed by atoms with E-state index < -0.39 is 21.9 Å². The highest BCUT2D eigenvalue weighted by atomic mass is 32.2. The van der Waals surface area contributed by atoms with Crippen LogP contribution in [0.5, 0.6) is 0 Å². The summed E-state index contributed by atoms with van der Waals surface area (Å²) in [4.78, 5) is 26.9. The van der Waals surface area contributed by atoms with Gasteiger partial charge in [-0.1, -0.05) is 26.0 Å². The van der Waals surface area contributed by atoms with Crippen molar-refractivity contribution in [1.29, 1.82) is 0 Å². The van der Waals surface area contributed by atoms with Crippen molar-refractivity contribution in [3.05, 3.63) is 59.4 Å². The molecule has 0 saturated heterocycles. The number of aromatic carboxylic acids is 1. The van der Waals surface area contributed by atoms with Crippen LogP contribution in [0.4, 0.5) is 0 Å². The summed E-state index contributed by atoms with van der Waals surface area (Å²) >= 11 is 0. The molecule has 2 aromatic rings. The van der Waals surface area contributed by atoms with Gasteiger partial charge in [0.1, 0.15) is 5.69 Å². The molecular weight excluding hydrogens is 370 g/mol. The fourth-order valence-corrected chi connectivity index (χ4v) is 3.92. The average Bonchev–Trinajstić information content (AvgIpc) is 2.67. The zero-order valence-electron chi connectivity index (χ0n) is 15.0. The van der Waals surface area contributed by atoms with E-state index in [1.807, 2.05) is 0 Å². The Kier molecular flexibility index (Phi) is 6.65. The largest absolute Gasteiger partial charge is 0.477 e. The first-order valence-electron chi connectivity index (χ1n) is 8.36. The molecule has 1 aromatic carbocycles. The number of benzene rings is 1. The van der Waals surface area contributed by atoms with E-state index in [9.17, 15) is 18.0 Å². The highest BCUT2D eigenvalue weighted by molar-refractivity contribution is 7.89. The van der Waals surface area contributed by atoms with Crippen molar-refractivity contribution < 1.29 is 23.1 Å². The molecule has 1 aromatic heterocycles. The predicted molar refractivity (Wildman–Crippen MR) is 98.9 cm³/mol. The molecule has 9 heteroatoms. The molecule has 1 heterocycles. The Morgan fingerprint density at radius 2 is 1.74 bits per heavy atom. The quantitative estimate of drug-likeness (QED) is 0.708. The van der Waals surface area contributed by atoms with Crippen LogP contribution in [-0.4, -0.2) is 47.8 Å². The first-order chi connectivity index (χ1) is 12.8. The van der Waals surface area contributed by atoms with Crippen LogP contribution >= 0.6 is 0 Å². The van der Waals surface area contributed by atoms with Crippen molar-refractivity contribution in [2.45, 2.75) is 25.3 Å². The van der Waals surface area contributed by atoms with Crippen molar-refractivity contribution in [3.63, 3.8) is 0 Å². The number of carbonyl (C=O) groups excluding carboxylic acids is 1. The Morgan fingerprint density at radius 3 is 2.30 bits per heavy atom. The van der Waals surface area contributed by atoms with Crippen LogP contribution in [0.15, 0.2) is 47.5 Å². The molecule has 0 saturated carbocycles. The van der Waals surface area contributed by atoms with Gasteiger partial charge in [0, 0.05) is 31.4 Å². The van der Waals surface area contributed by atoms with Crippen molar-refractivity contribution >= 4 is 21.9 Å². The zero-order chi connectivity index (χ0) is 20.0. The van der Waals surface area contributed by atoms with Gasteiger partial charge in [0.15, 0.2) is 0 Å². The van der Waals surface area contributed by atoms with Gasteiger partial charge in [-0.15, -0.1) is 0 Å². The van der Waals surface area contributed by atoms with Crippen molar-refractivity contribution in [2.75, 3.05) is 13.1 Å². The van der Waals surface area contributed by atoms with Gasteiger partial charge in [0.25, 0.3) is 5.91 Å². The van der Waals surface area contributed by atoms with E-state index >= 15 is 0 Å². The summed E-state index contributed by atoms with van der Waals surface area (Å²) in [6, 6.07) is 8.88. The van der Waals surface area contributed by atoms with Gasteiger partial charge in [0.05, 0.1) is 4.90 Å². The van der Waals surface area contributed by atoms with Crippen LogP contribution in [0.25, 0.3) is 0 Å². The van der Waals surface area contributed by atoms with Crippen molar-refractivity contribution in [2.24, 2.45) is 0 Å². The Hall–Kier alpha value is -2.78. The molecule has 0 radical (unpaired) electrons. The molecule has 27 heavy (non-hydrogen) atoms. The van der Waals surface area contributed by atoms with Gasteiger partial charge < -0.3 is 10.4 Å².